The first kappa shape index (κ1) is 25.0. The van der Waals surface area contributed by atoms with E-state index in [-0.39, 0.29) is 23.6 Å². The Hall–Kier alpha value is -2.15. The average Bonchev–Trinajstić information content (AvgIpc) is 2.94. The molecule has 2 unspecified atom stereocenters. The van der Waals surface area contributed by atoms with Crippen LogP contribution >= 0.6 is 0 Å². The third-order valence-electron chi connectivity index (χ3n) is 8.06. The van der Waals surface area contributed by atoms with Crippen LogP contribution in [0.2, 0.25) is 0 Å². The zero-order valence-electron chi connectivity index (χ0n) is 20.0. The SMILES string of the molecule is CCN1CCC2(CC1)OC(=O)C(C)=C2C(=O)CC1CCCC(c2cccc(C(F)(F)F)c2)CC1. The van der Waals surface area contributed by atoms with Gasteiger partial charge in [0.25, 0.3) is 0 Å². The van der Waals surface area contributed by atoms with Gasteiger partial charge in [0.05, 0.1) is 5.56 Å². The Balaban J connectivity index is 1.42. The van der Waals surface area contributed by atoms with E-state index in [2.05, 4.69) is 11.8 Å². The van der Waals surface area contributed by atoms with E-state index < -0.39 is 17.3 Å². The van der Waals surface area contributed by atoms with E-state index in [9.17, 15) is 22.8 Å². The van der Waals surface area contributed by atoms with Crippen molar-refractivity contribution in [1.82, 2.24) is 4.90 Å². The summed E-state index contributed by atoms with van der Waals surface area (Å²) in [6.45, 7) is 6.34. The maximum atomic E-state index is 13.5. The van der Waals surface area contributed by atoms with Crippen LogP contribution in [0.3, 0.4) is 0 Å². The number of hydrogen-bond donors (Lipinski definition) is 0. The number of carbonyl (C=O) groups is 2. The van der Waals surface area contributed by atoms with Gasteiger partial charge in [0, 0.05) is 43.5 Å². The molecule has 2 fully saturated rings. The van der Waals surface area contributed by atoms with Crippen LogP contribution in [0.25, 0.3) is 0 Å². The molecule has 1 spiro atoms. The minimum atomic E-state index is -4.34. The van der Waals surface area contributed by atoms with Crippen molar-refractivity contribution in [3.63, 3.8) is 0 Å². The molecular weight excluding hydrogens is 443 g/mol. The molecule has 1 saturated carbocycles. The molecule has 0 aromatic heterocycles. The topological polar surface area (TPSA) is 46.6 Å². The third-order valence-corrected chi connectivity index (χ3v) is 8.06. The van der Waals surface area contributed by atoms with Crippen LogP contribution < -0.4 is 0 Å². The van der Waals surface area contributed by atoms with Gasteiger partial charge in [-0.3, -0.25) is 4.79 Å². The van der Waals surface area contributed by atoms with E-state index in [1.165, 1.54) is 12.1 Å². The number of halogens is 3. The first-order chi connectivity index (χ1) is 16.1. The molecule has 1 aromatic carbocycles. The first-order valence-electron chi connectivity index (χ1n) is 12.5. The van der Waals surface area contributed by atoms with Gasteiger partial charge in [-0.15, -0.1) is 0 Å². The number of ketones is 1. The van der Waals surface area contributed by atoms with Crippen LogP contribution in [0.1, 0.15) is 82.3 Å². The van der Waals surface area contributed by atoms with Crippen molar-refractivity contribution in [2.75, 3.05) is 19.6 Å². The number of esters is 1. The molecule has 2 atom stereocenters. The Labute approximate surface area is 199 Å². The Morgan fingerprint density at radius 2 is 1.88 bits per heavy atom. The molecule has 0 N–H and O–H groups in total. The summed E-state index contributed by atoms with van der Waals surface area (Å²) in [7, 11) is 0. The summed E-state index contributed by atoms with van der Waals surface area (Å²) < 4.78 is 45.2. The van der Waals surface area contributed by atoms with E-state index in [1.54, 1.807) is 13.0 Å². The molecule has 3 aliphatic rings. The van der Waals surface area contributed by atoms with Gasteiger partial charge in [-0.1, -0.05) is 31.5 Å². The number of benzene rings is 1. The Kier molecular flexibility index (Phi) is 7.22. The lowest BCUT2D eigenvalue weighted by molar-refractivity contribution is -0.150. The summed E-state index contributed by atoms with van der Waals surface area (Å²) in [5.74, 6) is -0.119. The minimum Gasteiger partial charge on any atom is -0.451 e. The molecule has 1 saturated heterocycles. The highest BCUT2D eigenvalue weighted by molar-refractivity contribution is 6.08. The highest BCUT2D eigenvalue weighted by Crippen LogP contribution is 2.43. The second-order valence-electron chi connectivity index (χ2n) is 10.1. The molecule has 4 rings (SSSR count). The second kappa shape index (κ2) is 9.84. The van der Waals surface area contributed by atoms with Crippen LogP contribution in [0, 0.1) is 5.92 Å². The summed E-state index contributed by atoms with van der Waals surface area (Å²) in [5.41, 5.74) is 0.373. The lowest BCUT2D eigenvalue weighted by atomic mass is 9.78. The summed E-state index contributed by atoms with van der Waals surface area (Å²) in [4.78, 5) is 28.2. The molecule has 186 valence electrons. The number of nitrogens with zero attached hydrogens (tertiary/aromatic N) is 1. The van der Waals surface area contributed by atoms with Gasteiger partial charge in [-0.2, -0.15) is 13.2 Å². The van der Waals surface area contributed by atoms with Crippen molar-refractivity contribution in [2.45, 2.75) is 82.9 Å². The van der Waals surface area contributed by atoms with E-state index >= 15 is 0 Å². The average molecular weight is 478 g/mol. The highest BCUT2D eigenvalue weighted by Gasteiger charge is 2.50. The molecule has 0 bridgehead atoms. The molecule has 1 aromatic rings. The number of piperidine rings is 1. The lowest BCUT2D eigenvalue weighted by Crippen LogP contribution is -2.47. The van der Waals surface area contributed by atoms with Crippen LogP contribution in [0.5, 0.6) is 0 Å². The fourth-order valence-corrected chi connectivity index (χ4v) is 6.04. The number of hydrogen-bond acceptors (Lipinski definition) is 4. The molecule has 4 nitrogen and oxygen atoms in total. The zero-order valence-corrected chi connectivity index (χ0v) is 20.0. The number of alkyl halides is 3. The molecule has 2 heterocycles. The van der Waals surface area contributed by atoms with Crippen molar-refractivity contribution in [1.29, 1.82) is 0 Å². The number of ether oxygens (including phenoxy) is 1. The third kappa shape index (κ3) is 5.09. The standard InChI is InChI=1S/C27H34F3NO3/c1-3-31-14-12-26(13-15-31)24(18(2)25(33)34-26)23(32)16-19-6-4-7-20(11-10-19)21-8-5-9-22(17-21)27(28,29)30/h5,8-9,17,19-20H,3-4,6-7,10-16H2,1-2H3. The van der Waals surface area contributed by atoms with Crippen molar-refractivity contribution in [2.24, 2.45) is 5.92 Å². The quantitative estimate of drug-likeness (QED) is 0.382. The number of rotatable bonds is 5. The Morgan fingerprint density at radius 1 is 1.15 bits per heavy atom. The zero-order chi connectivity index (χ0) is 24.5. The maximum absolute atomic E-state index is 13.5. The molecule has 1 aliphatic carbocycles. The van der Waals surface area contributed by atoms with Gasteiger partial charge in [0.15, 0.2) is 5.78 Å². The van der Waals surface area contributed by atoms with E-state index in [4.69, 9.17) is 4.74 Å². The van der Waals surface area contributed by atoms with Gasteiger partial charge < -0.3 is 9.64 Å². The summed E-state index contributed by atoms with van der Waals surface area (Å²) in [6.07, 6.45) is 1.46. The van der Waals surface area contributed by atoms with E-state index in [1.807, 2.05) is 0 Å². The van der Waals surface area contributed by atoms with Crippen LogP contribution in [0.15, 0.2) is 35.4 Å². The Morgan fingerprint density at radius 3 is 2.56 bits per heavy atom. The van der Waals surface area contributed by atoms with Crippen molar-refractivity contribution >= 4 is 11.8 Å². The molecule has 7 heteroatoms. The lowest BCUT2D eigenvalue weighted by Gasteiger charge is -2.39. The van der Waals surface area contributed by atoms with Gasteiger partial charge >= 0.3 is 12.1 Å². The number of likely N-dealkylation sites (tertiary alicyclic amines) is 1. The predicted molar refractivity (Wildman–Crippen MR) is 123 cm³/mol. The van der Waals surface area contributed by atoms with Gasteiger partial charge in [-0.25, -0.2) is 4.79 Å². The monoisotopic (exact) mass is 477 g/mol. The maximum Gasteiger partial charge on any atom is 0.416 e. The van der Waals surface area contributed by atoms with Crippen LogP contribution in [-0.4, -0.2) is 41.9 Å². The fourth-order valence-electron chi connectivity index (χ4n) is 6.04. The van der Waals surface area contributed by atoms with Gasteiger partial charge in [0.1, 0.15) is 5.60 Å². The minimum absolute atomic E-state index is 0.0100. The fraction of sp³-hybridized carbons (Fsp3) is 0.630. The predicted octanol–water partition coefficient (Wildman–Crippen LogP) is 6.06. The van der Waals surface area contributed by atoms with E-state index in [0.29, 0.717) is 30.4 Å². The van der Waals surface area contributed by atoms with Crippen molar-refractivity contribution < 1.29 is 27.5 Å². The molecule has 0 radical (unpaired) electrons. The molecule has 2 aliphatic heterocycles. The van der Waals surface area contributed by atoms with Gasteiger partial charge in [0.2, 0.25) is 0 Å². The molecule has 0 amide bonds. The van der Waals surface area contributed by atoms with Crippen molar-refractivity contribution in [3.05, 3.63) is 46.5 Å². The molecular formula is C27H34F3NO3. The smallest absolute Gasteiger partial charge is 0.416 e. The van der Waals surface area contributed by atoms with E-state index in [0.717, 1.165) is 63.4 Å². The summed E-state index contributed by atoms with van der Waals surface area (Å²) >= 11 is 0. The summed E-state index contributed by atoms with van der Waals surface area (Å²) in [5, 5.41) is 0. The molecule has 34 heavy (non-hydrogen) atoms. The largest absolute Gasteiger partial charge is 0.451 e. The number of Topliss-reactive ketones (excluding diaryl/α,β-unsaturated/α-hetero) is 1. The van der Waals surface area contributed by atoms with Crippen LogP contribution in [0.4, 0.5) is 13.2 Å². The van der Waals surface area contributed by atoms with Crippen molar-refractivity contribution in [3.8, 4) is 0 Å². The summed E-state index contributed by atoms with van der Waals surface area (Å²) in [6, 6.07) is 5.66. The highest BCUT2D eigenvalue weighted by atomic mass is 19.4. The van der Waals surface area contributed by atoms with Gasteiger partial charge in [-0.05, 0) is 62.6 Å². The first-order valence-corrected chi connectivity index (χ1v) is 12.5. The Bertz CT molecular complexity index is 960. The van der Waals surface area contributed by atoms with Crippen LogP contribution in [-0.2, 0) is 20.5 Å². The second-order valence-corrected chi connectivity index (χ2v) is 10.1. The number of carbonyl (C=O) groups excluding carboxylic acids is 2. The normalized spacial score (nSPS) is 26.0.